The first-order valence-electron chi connectivity index (χ1n) is 6.13. The molecule has 1 saturated heterocycles. The molecule has 1 aliphatic carbocycles. The number of hydrogen-bond acceptors (Lipinski definition) is 5. The third-order valence-electron chi connectivity index (χ3n) is 3.38. The third kappa shape index (κ3) is 3.44. The van der Waals surface area contributed by atoms with Crippen LogP contribution in [0.4, 0.5) is 0 Å². The van der Waals surface area contributed by atoms with Gasteiger partial charge in [-0.3, -0.25) is 9.59 Å². The summed E-state index contributed by atoms with van der Waals surface area (Å²) in [6.07, 6.45) is 3.14. The SMILES string of the molecule is O=C(COC(=O)C1CCC1)N[C@H]1CCS(=O)(=O)C1. The molecule has 1 amide bonds. The minimum absolute atomic E-state index is 0.0185. The molecule has 1 aliphatic heterocycles. The van der Waals surface area contributed by atoms with Gasteiger partial charge >= 0.3 is 5.97 Å². The van der Waals surface area contributed by atoms with Gasteiger partial charge in [0.15, 0.2) is 16.4 Å². The summed E-state index contributed by atoms with van der Waals surface area (Å²) >= 11 is 0. The first-order chi connectivity index (χ1) is 8.46. The largest absolute Gasteiger partial charge is 0.455 e. The van der Waals surface area contributed by atoms with Gasteiger partial charge in [-0.15, -0.1) is 0 Å². The summed E-state index contributed by atoms with van der Waals surface area (Å²) in [6.45, 7) is -0.314. The number of rotatable bonds is 4. The lowest BCUT2D eigenvalue weighted by atomic mass is 9.86. The van der Waals surface area contributed by atoms with E-state index < -0.39 is 15.7 Å². The van der Waals surface area contributed by atoms with Crippen LogP contribution in [0.3, 0.4) is 0 Å². The molecule has 0 spiro atoms. The Kier molecular flexibility index (Phi) is 3.89. The van der Waals surface area contributed by atoms with E-state index >= 15 is 0 Å². The molecular formula is C11H17NO5S. The molecule has 1 atom stereocenters. The van der Waals surface area contributed by atoms with E-state index in [1.54, 1.807) is 0 Å². The van der Waals surface area contributed by atoms with E-state index in [0.29, 0.717) is 6.42 Å². The van der Waals surface area contributed by atoms with Crippen LogP contribution in [0.2, 0.25) is 0 Å². The number of sulfone groups is 1. The average molecular weight is 275 g/mol. The molecule has 0 radical (unpaired) electrons. The zero-order valence-electron chi connectivity index (χ0n) is 10.1. The molecule has 18 heavy (non-hydrogen) atoms. The van der Waals surface area contributed by atoms with Gasteiger partial charge in [0, 0.05) is 6.04 Å². The van der Waals surface area contributed by atoms with Crippen LogP contribution in [0.25, 0.3) is 0 Å². The lowest BCUT2D eigenvalue weighted by Crippen LogP contribution is -2.39. The Hall–Kier alpha value is -1.11. The zero-order chi connectivity index (χ0) is 13.2. The van der Waals surface area contributed by atoms with Gasteiger partial charge in [-0.25, -0.2) is 8.42 Å². The normalized spacial score (nSPS) is 26.3. The summed E-state index contributed by atoms with van der Waals surface area (Å²) in [7, 11) is -3.00. The van der Waals surface area contributed by atoms with E-state index in [9.17, 15) is 18.0 Å². The number of carbonyl (C=O) groups is 2. The Morgan fingerprint density at radius 1 is 1.22 bits per heavy atom. The Morgan fingerprint density at radius 2 is 1.94 bits per heavy atom. The first-order valence-corrected chi connectivity index (χ1v) is 7.95. The summed E-state index contributed by atoms with van der Waals surface area (Å²) in [4.78, 5) is 22.8. The van der Waals surface area contributed by atoms with Crippen LogP contribution in [0.15, 0.2) is 0 Å². The zero-order valence-corrected chi connectivity index (χ0v) is 10.9. The molecule has 0 aromatic rings. The molecule has 1 saturated carbocycles. The molecule has 0 bridgehead atoms. The fourth-order valence-electron chi connectivity index (χ4n) is 2.08. The van der Waals surface area contributed by atoms with Crippen molar-refractivity contribution in [2.24, 2.45) is 5.92 Å². The van der Waals surface area contributed by atoms with Crippen LogP contribution in [-0.4, -0.2) is 44.4 Å². The van der Waals surface area contributed by atoms with Gasteiger partial charge in [-0.05, 0) is 19.3 Å². The van der Waals surface area contributed by atoms with Crippen molar-refractivity contribution in [1.29, 1.82) is 0 Å². The summed E-state index contributed by atoms with van der Waals surface area (Å²) in [6, 6.07) is -0.343. The first kappa shape index (κ1) is 13.3. The summed E-state index contributed by atoms with van der Waals surface area (Å²) in [5.41, 5.74) is 0. The number of esters is 1. The molecule has 0 aromatic carbocycles. The summed E-state index contributed by atoms with van der Waals surface area (Å²) < 4.78 is 27.2. The van der Waals surface area contributed by atoms with Crippen molar-refractivity contribution in [3.8, 4) is 0 Å². The van der Waals surface area contributed by atoms with E-state index in [-0.39, 0.29) is 36.0 Å². The van der Waals surface area contributed by atoms with E-state index in [4.69, 9.17) is 4.74 Å². The van der Waals surface area contributed by atoms with E-state index in [0.717, 1.165) is 19.3 Å². The highest BCUT2D eigenvalue weighted by Gasteiger charge is 2.30. The quantitative estimate of drug-likeness (QED) is 0.707. The Balaban J connectivity index is 1.67. The Morgan fingerprint density at radius 3 is 2.44 bits per heavy atom. The van der Waals surface area contributed by atoms with Gasteiger partial charge in [-0.2, -0.15) is 0 Å². The van der Waals surface area contributed by atoms with Crippen molar-refractivity contribution < 1.29 is 22.7 Å². The molecule has 0 aromatic heterocycles. The highest BCUT2D eigenvalue weighted by atomic mass is 32.2. The van der Waals surface area contributed by atoms with Gasteiger partial charge in [0.25, 0.3) is 5.91 Å². The smallest absolute Gasteiger partial charge is 0.309 e. The summed E-state index contributed by atoms with van der Waals surface area (Å²) in [5, 5.41) is 2.57. The maximum Gasteiger partial charge on any atom is 0.309 e. The second kappa shape index (κ2) is 5.26. The van der Waals surface area contributed by atoms with Gasteiger partial charge in [0.2, 0.25) is 0 Å². The third-order valence-corrected chi connectivity index (χ3v) is 5.15. The maximum absolute atomic E-state index is 11.5. The molecule has 1 N–H and O–H groups in total. The highest BCUT2D eigenvalue weighted by Crippen LogP contribution is 2.27. The monoisotopic (exact) mass is 275 g/mol. The molecule has 102 valence electrons. The minimum atomic E-state index is -3.00. The molecule has 2 fully saturated rings. The van der Waals surface area contributed by atoms with Crippen molar-refractivity contribution >= 4 is 21.7 Å². The van der Waals surface area contributed by atoms with Crippen LogP contribution in [-0.2, 0) is 24.2 Å². The second-order valence-electron chi connectivity index (χ2n) is 4.90. The molecule has 1 heterocycles. The van der Waals surface area contributed by atoms with Crippen LogP contribution >= 0.6 is 0 Å². The fourth-order valence-corrected chi connectivity index (χ4v) is 3.75. The van der Waals surface area contributed by atoms with Crippen molar-refractivity contribution in [1.82, 2.24) is 5.32 Å². The van der Waals surface area contributed by atoms with Crippen LogP contribution in [0.1, 0.15) is 25.7 Å². The molecule has 7 heteroatoms. The van der Waals surface area contributed by atoms with Crippen molar-refractivity contribution in [3.63, 3.8) is 0 Å². The lowest BCUT2D eigenvalue weighted by molar-refractivity contribution is -0.155. The van der Waals surface area contributed by atoms with Crippen LogP contribution in [0, 0.1) is 5.92 Å². The minimum Gasteiger partial charge on any atom is -0.455 e. The number of ether oxygens (including phenoxy) is 1. The molecule has 2 aliphatic rings. The van der Waals surface area contributed by atoms with Gasteiger partial charge < -0.3 is 10.1 Å². The van der Waals surface area contributed by atoms with Crippen molar-refractivity contribution in [2.75, 3.05) is 18.1 Å². The molecule has 0 unspecified atom stereocenters. The number of hydrogen-bond donors (Lipinski definition) is 1. The Labute approximate surface area is 106 Å². The van der Waals surface area contributed by atoms with Gasteiger partial charge in [0.05, 0.1) is 17.4 Å². The standard InChI is InChI=1S/C11H17NO5S/c13-10(6-17-11(14)8-2-1-3-8)12-9-4-5-18(15,16)7-9/h8-9H,1-7H2,(H,12,13)/t9-/m0/s1. The maximum atomic E-state index is 11.5. The van der Waals surface area contributed by atoms with E-state index in [1.807, 2.05) is 0 Å². The Bertz CT molecular complexity index is 440. The topological polar surface area (TPSA) is 89.5 Å². The molecule has 6 nitrogen and oxygen atoms in total. The predicted octanol–water partition coefficient (Wildman–Crippen LogP) is -0.367. The van der Waals surface area contributed by atoms with E-state index in [1.165, 1.54) is 0 Å². The lowest BCUT2D eigenvalue weighted by Gasteiger charge is -2.23. The summed E-state index contributed by atoms with van der Waals surface area (Å²) in [5.74, 6) is -0.709. The van der Waals surface area contributed by atoms with Gasteiger partial charge in [-0.1, -0.05) is 6.42 Å². The molecule has 2 rings (SSSR count). The van der Waals surface area contributed by atoms with Crippen LogP contribution < -0.4 is 5.32 Å². The number of amides is 1. The van der Waals surface area contributed by atoms with Crippen LogP contribution in [0.5, 0.6) is 0 Å². The van der Waals surface area contributed by atoms with Crippen molar-refractivity contribution in [3.05, 3.63) is 0 Å². The molecular weight excluding hydrogens is 258 g/mol. The van der Waals surface area contributed by atoms with E-state index in [2.05, 4.69) is 5.32 Å². The highest BCUT2D eigenvalue weighted by molar-refractivity contribution is 7.91. The van der Waals surface area contributed by atoms with Crippen molar-refractivity contribution in [2.45, 2.75) is 31.7 Å². The number of nitrogens with one attached hydrogen (secondary N) is 1. The number of carbonyl (C=O) groups excluding carboxylic acids is 2. The van der Waals surface area contributed by atoms with Gasteiger partial charge in [0.1, 0.15) is 0 Å². The predicted molar refractivity (Wildman–Crippen MR) is 63.5 cm³/mol. The second-order valence-corrected chi connectivity index (χ2v) is 7.13. The fraction of sp³-hybridized carbons (Fsp3) is 0.818. The average Bonchev–Trinajstić information content (AvgIpc) is 2.52.